The lowest BCUT2D eigenvalue weighted by molar-refractivity contribution is -0.385. The Morgan fingerprint density at radius 1 is 1.36 bits per heavy atom. The number of nitro groups is 1. The molecule has 1 aromatic rings. The van der Waals surface area contributed by atoms with Crippen LogP contribution in [-0.2, 0) is 0 Å². The molecule has 2 unspecified atom stereocenters. The number of amides is 1. The van der Waals surface area contributed by atoms with Gasteiger partial charge in [-0.3, -0.25) is 14.9 Å². The third-order valence-corrected chi connectivity index (χ3v) is 4.51. The predicted octanol–water partition coefficient (Wildman–Crippen LogP) is 3.25. The fourth-order valence-electron chi connectivity index (χ4n) is 3.19. The van der Waals surface area contributed by atoms with E-state index < -0.39 is 4.92 Å². The van der Waals surface area contributed by atoms with E-state index in [2.05, 4.69) is 6.92 Å². The van der Waals surface area contributed by atoms with Crippen LogP contribution in [0.4, 0.5) is 5.69 Å². The molecule has 1 aliphatic carbocycles. The van der Waals surface area contributed by atoms with Gasteiger partial charge in [0, 0.05) is 24.7 Å². The summed E-state index contributed by atoms with van der Waals surface area (Å²) in [6.07, 6.45) is 4.43. The van der Waals surface area contributed by atoms with Crippen molar-refractivity contribution in [2.24, 2.45) is 5.92 Å². The summed E-state index contributed by atoms with van der Waals surface area (Å²) < 4.78 is 4.97. The molecule has 0 aliphatic heterocycles. The largest absolute Gasteiger partial charge is 0.490 e. The van der Waals surface area contributed by atoms with Crippen LogP contribution in [0.2, 0.25) is 0 Å². The van der Waals surface area contributed by atoms with Crippen molar-refractivity contribution in [3.05, 3.63) is 33.9 Å². The van der Waals surface area contributed by atoms with Gasteiger partial charge in [-0.25, -0.2) is 0 Å². The van der Waals surface area contributed by atoms with Gasteiger partial charge < -0.3 is 9.64 Å². The highest BCUT2D eigenvalue weighted by Crippen LogP contribution is 2.31. The number of carbonyl (C=O) groups is 1. The number of carbonyl (C=O) groups excluding carboxylic acids is 1. The zero-order chi connectivity index (χ0) is 16.3. The zero-order valence-electron chi connectivity index (χ0n) is 13.2. The van der Waals surface area contributed by atoms with Crippen molar-refractivity contribution < 1.29 is 14.5 Å². The van der Waals surface area contributed by atoms with Gasteiger partial charge >= 0.3 is 5.69 Å². The third kappa shape index (κ3) is 3.21. The van der Waals surface area contributed by atoms with Crippen LogP contribution in [-0.4, -0.2) is 35.9 Å². The quantitative estimate of drug-likeness (QED) is 0.632. The Bertz CT molecular complexity index is 573. The summed E-state index contributed by atoms with van der Waals surface area (Å²) in [6, 6.07) is 4.55. The molecular formula is C16H22N2O4. The summed E-state index contributed by atoms with van der Waals surface area (Å²) >= 11 is 0. The highest BCUT2D eigenvalue weighted by atomic mass is 16.6. The van der Waals surface area contributed by atoms with Crippen LogP contribution in [0.3, 0.4) is 0 Å². The lowest BCUT2D eigenvalue weighted by Crippen LogP contribution is -2.42. The fraction of sp³-hybridized carbons (Fsp3) is 0.562. The molecule has 120 valence electrons. The van der Waals surface area contributed by atoms with Crippen molar-refractivity contribution in [3.63, 3.8) is 0 Å². The number of ether oxygens (including phenoxy) is 1. The Hall–Kier alpha value is -2.11. The highest BCUT2D eigenvalue weighted by Gasteiger charge is 2.29. The molecule has 0 aromatic heterocycles. The van der Waals surface area contributed by atoms with Crippen molar-refractivity contribution in [1.82, 2.24) is 4.90 Å². The van der Waals surface area contributed by atoms with Crippen LogP contribution in [0.15, 0.2) is 18.2 Å². The minimum atomic E-state index is -0.529. The molecule has 0 heterocycles. The van der Waals surface area contributed by atoms with Gasteiger partial charge in [-0.1, -0.05) is 19.8 Å². The number of methoxy groups -OCH3 is 1. The second-order valence-corrected chi connectivity index (χ2v) is 5.89. The van der Waals surface area contributed by atoms with E-state index in [-0.39, 0.29) is 23.4 Å². The van der Waals surface area contributed by atoms with Gasteiger partial charge in [-0.2, -0.15) is 0 Å². The Balaban J connectivity index is 2.25. The maximum atomic E-state index is 12.6. The monoisotopic (exact) mass is 306 g/mol. The molecule has 6 heteroatoms. The maximum absolute atomic E-state index is 12.6. The van der Waals surface area contributed by atoms with Gasteiger partial charge in [0.2, 0.25) is 0 Å². The van der Waals surface area contributed by atoms with E-state index in [9.17, 15) is 14.9 Å². The van der Waals surface area contributed by atoms with Crippen LogP contribution in [0.1, 0.15) is 43.0 Å². The van der Waals surface area contributed by atoms with Crippen LogP contribution in [0, 0.1) is 16.0 Å². The first-order valence-corrected chi connectivity index (χ1v) is 7.55. The molecule has 2 atom stereocenters. The molecule has 0 radical (unpaired) electrons. The van der Waals surface area contributed by atoms with Gasteiger partial charge in [-0.15, -0.1) is 0 Å². The summed E-state index contributed by atoms with van der Waals surface area (Å²) in [5.41, 5.74) is 0.145. The summed E-state index contributed by atoms with van der Waals surface area (Å²) in [6.45, 7) is 2.16. The van der Waals surface area contributed by atoms with Crippen molar-refractivity contribution in [2.45, 2.75) is 38.6 Å². The van der Waals surface area contributed by atoms with Crippen LogP contribution in [0.25, 0.3) is 0 Å². The Morgan fingerprint density at radius 3 is 2.64 bits per heavy atom. The molecule has 0 N–H and O–H groups in total. The second-order valence-electron chi connectivity index (χ2n) is 5.89. The highest BCUT2D eigenvalue weighted by molar-refractivity contribution is 5.95. The summed E-state index contributed by atoms with van der Waals surface area (Å²) in [5, 5.41) is 11.1. The Morgan fingerprint density at radius 2 is 2.05 bits per heavy atom. The minimum Gasteiger partial charge on any atom is -0.490 e. The molecule has 2 rings (SSSR count). The summed E-state index contributed by atoms with van der Waals surface area (Å²) in [5.74, 6) is 0.440. The molecule has 1 saturated carbocycles. The Labute approximate surface area is 130 Å². The van der Waals surface area contributed by atoms with Crippen LogP contribution >= 0.6 is 0 Å². The van der Waals surface area contributed by atoms with E-state index in [4.69, 9.17) is 4.74 Å². The molecule has 0 spiro atoms. The normalized spacial score (nSPS) is 21.2. The third-order valence-electron chi connectivity index (χ3n) is 4.51. The smallest absolute Gasteiger partial charge is 0.311 e. The first-order chi connectivity index (χ1) is 10.5. The van der Waals surface area contributed by atoms with E-state index in [0.29, 0.717) is 11.5 Å². The van der Waals surface area contributed by atoms with Crippen molar-refractivity contribution >= 4 is 11.6 Å². The van der Waals surface area contributed by atoms with Crippen LogP contribution in [0.5, 0.6) is 5.75 Å². The van der Waals surface area contributed by atoms with Crippen molar-refractivity contribution in [2.75, 3.05) is 14.2 Å². The van der Waals surface area contributed by atoms with E-state index in [1.165, 1.54) is 25.7 Å². The maximum Gasteiger partial charge on any atom is 0.311 e. The lowest BCUT2D eigenvalue weighted by atomic mass is 9.85. The standard InChI is InChI=1S/C16H22N2O4/c1-11-6-4-5-7-13(11)17(2)16(19)12-8-9-15(22-3)14(10-12)18(20)21/h8-11,13H,4-7H2,1-3H3. The van der Waals surface area contributed by atoms with Crippen LogP contribution < -0.4 is 4.74 Å². The molecular weight excluding hydrogens is 284 g/mol. The fourth-order valence-corrected chi connectivity index (χ4v) is 3.19. The van der Waals surface area contributed by atoms with Gasteiger partial charge in [0.25, 0.3) is 5.91 Å². The van der Waals surface area contributed by atoms with Crippen molar-refractivity contribution in [1.29, 1.82) is 0 Å². The molecule has 1 aliphatic rings. The second kappa shape index (κ2) is 6.77. The minimum absolute atomic E-state index is 0.162. The van der Waals surface area contributed by atoms with Gasteiger partial charge in [0.15, 0.2) is 5.75 Å². The van der Waals surface area contributed by atoms with E-state index in [1.54, 1.807) is 18.0 Å². The predicted molar refractivity (Wildman–Crippen MR) is 83.2 cm³/mol. The number of hydrogen-bond donors (Lipinski definition) is 0. The lowest BCUT2D eigenvalue weighted by Gasteiger charge is -2.36. The first-order valence-electron chi connectivity index (χ1n) is 7.55. The average Bonchev–Trinajstić information content (AvgIpc) is 2.53. The number of hydrogen-bond acceptors (Lipinski definition) is 4. The summed E-state index contributed by atoms with van der Waals surface area (Å²) in [4.78, 5) is 24.9. The number of rotatable bonds is 4. The first kappa shape index (κ1) is 16.3. The van der Waals surface area contributed by atoms with Crippen molar-refractivity contribution in [3.8, 4) is 5.75 Å². The van der Waals surface area contributed by atoms with E-state index in [1.807, 2.05) is 0 Å². The number of nitrogens with zero attached hydrogens (tertiary/aromatic N) is 2. The van der Waals surface area contributed by atoms with Gasteiger partial charge in [-0.05, 0) is 30.9 Å². The number of benzene rings is 1. The molecule has 1 aromatic carbocycles. The van der Waals surface area contributed by atoms with E-state index >= 15 is 0 Å². The SMILES string of the molecule is COc1ccc(C(=O)N(C)C2CCCCC2C)cc1[N+](=O)[O-]. The topological polar surface area (TPSA) is 72.7 Å². The molecule has 1 fully saturated rings. The molecule has 6 nitrogen and oxygen atoms in total. The van der Waals surface area contributed by atoms with Gasteiger partial charge in [0.1, 0.15) is 0 Å². The molecule has 1 amide bonds. The molecule has 0 saturated heterocycles. The molecule has 0 bridgehead atoms. The zero-order valence-corrected chi connectivity index (χ0v) is 13.2. The molecule has 22 heavy (non-hydrogen) atoms. The summed E-state index contributed by atoms with van der Waals surface area (Å²) in [7, 11) is 3.16. The number of nitro benzene ring substituents is 1. The Kier molecular flexibility index (Phi) is 5.00. The average molecular weight is 306 g/mol. The van der Waals surface area contributed by atoms with E-state index in [0.717, 1.165) is 19.3 Å². The van der Waals surface area contributed by atoms with Gasteiger partial charge in [0.05, 0.1) is 12.0 Å².